The Kier molecular flexibility index (Phi) is 7.85. The summed E-state index contributed by atoms with van der Waals surface area (Å²) >= 11 is 8.22. The molecular weight excluding hydrogens is 568 g/mol. The standard InChI is InChI=1S/C30H30ClN2O2S.BrH/c31-25-12-7-13-27(18-25)36-28-21-33(16-14-22(28)15-17-33)20-26-19-29(32-35-26)30(34,23-8-3-1-4-9-23)24-10-5-2-6-11-24;/h1-13,18-19,22,28,34H,14-17,20-21H2;1H/q+1;/p-1/t22?,28-,33?;/m0./s1. The Hall–Kier alpha value is -2.09. The molecule has 0 spiro atoms. The van der Waals surface area contributed by atoms with E-state index >= 15 is 0 Å². The van der Waals surface area contributed by atoms with E-state index in [2.05, 4.69) is 17.3 Å². The van der Waals surface area contributed by atoms with Gasteiger partial charge in [0.1, 0.15) is 12.2 Å². The summed E-state index contributed by atoms with van der Waals surface area (Å²) in [4.78, 5) is 1.25. The largest absolute Gasteiger partial charge is 1.00 e. The van der Waals surface area contributed by atoms with Gasteiger partial charge in [-0.05, 0) is 35.2 Å². The van der Waals surface area contributed by atoms with E-state index in [-0.39, 0.29) is 17.0 Å². The SMILES string of the molecule is OC(c1ccccc1)(c1ccccc1)c1cc(C[N+]23CCC(CC2)[C@@H](Sc2cccc(Cl)c2)C3)on1.[Br-]. The quantitative estimate of drug-likeness (QED) is 0.331. The molecule has 37 heavy (non-hydrogen) atoms. The molecule has 4 nitrogen and oxygen atoms in total. The number of halogens is 2. The summed E-state index contributed by atoms with van der Waals surface area (Å²) < 4.78 is 6.93. The highest BCUT2D eigenvalue weighted by atomic mass is 79.9. The fourth-order valence-corrected chi connectivity index (χ4v) is 7.81. The molecule has 0 amide bonds. The smallest absolute Gasteiger partial charge is 0.191 e. The minimum Gasteiger partial charge on any atom is -1.00 e. The van der Waals surface area contributed by atoms with E-state index in [9.17, 15) is 5.11 Å². The first-order chi connectivity index (χ1) is 17.5. The van der Waals surface area contributed by atoms with E-state index in [0.717, 1.165) is 58.5 Å². The fourth-order valence-electron chi connectivity index (χ4n) is 6.00. The molecule has 1 atom stereocenters. The number of nitrogens with zero attached hydrogens (tertiary/aromatic N) is 2. The Balaban J connectivity index is 0.00000280. The maximum absolute atomic E-state index is 12.1. The van der Waals surface area contributed by atoms with Crippen LogP contribution in [0.1, 0.15) is 35.4 Å². The van der Waals surface area contributed by atoms with Gasteiger partial charge in [0.15, 0.2) is 11.4 Å². The number of hydrogen-bond acceptors (Lipinski definition) is 4. The van der Waals surface area contributed by atoms with Crippen LogP contribution in [0.25, 0.3) is 0 Å². The van der Waals surface area contributed by atoms with Crippen LogP contribution >= 0.6 is 23.4 Å². The van der Waals surface area contributed by atoms with Gasteiger partial charge in [-0.25, -0.2) is 0 Å². The number of hydrogen-bond donors (Lipinski definition) is 1. The molecule has 7 heteroatoms. The van der Waals surface area contributed by atoms with E-state index in [1.165, 1.54) is 17.7 Å². The van der Waals surface area contributed by atoms with Crippen molar-refractivity contribution in [3.8, 4) is 0 Å². The molecule has 192 valence electrons. The van der Waals surface area contributed by atoms with Gasteiger partial charge >= 0.3 is 0 Å². The number of benzene rings is 3. The Morgan fingerprint density at radius 1 is 0.919 bits per heavy atom. The van der Waals surface area contributed by atoms with Crippen molar-refractivity contribution in [3.63, 3.8) is 0 Å². The zero-order valence-corrected chi connectivity index (χ0v) is 23.6. The average molecular weight is 598 g/mol. The number of aliphatic hydroxyl groups is 1. The molecule has 3 aromatic carbocycles. The van der Waals surface area contributed by atoms with Crippen molar-refractivity contribution in [1.29, 1.82) is 0 Å². The van der Waals surface area contributed by atoms with Crippen molar-refractivity contribution >= 4 is 23.4 Å². The minimum atomic E-state index is -1.37. The highest BCUT2D eigenvalue weighted by Crippen LogP contribution is 2.44. The molecule has 2 bridgehead atoms. The first-order valence-electron chi connectivity index (χ1n) is 12.6. The highest BCUT2D eigenvalue weighted by molar-refractivity contribution is 8.00. The van der Waals surface area contributed by atoms with Crippen LogP contribution in [-0.2, 0) is 12.1 Å². The highest BCUT2D eigenvalue weighted by Gasteiger charge is 2.47. The molecule has 0 saturated carbocycles. The minimum absolute atomic E-state index is 0. The topological polar surface area (TPSA) is 46.3 Å². The Morgan fingerprint density at radius 3 is 2.19 bits per heavy atom. The Bertz CT molecular complexity index is 1290. The van der Waals surface area contributed by atoms with E-state index in [0.29, 0.717) is 10.9 Å². The maximum Gasteiger partial charge on any atom is 0.191 e. The number of fused-ring (bicyclic) bond motifs is 3. The summed E-state index contributed by atoms with van der Waals surface area (Å²) in [6, 6.07) is 29.6. The molecule has 0 aliphatic carbocycles. The number of aromatic nitrogens is 1. The predicted octanol–water partition coefficient (Wildman–Crippen LogP) is 3.52. The van der Waals surface area contributed by atoms with Crippen LogP contribution < -0.4 is 17.0 Å². The van der Waals surface area contributed by atoms with Gasteiger partial charge in [-0.15, -0.1) is 11.8 Å². The third kappa shape index (κ3) is 5.27. The van der Waals surface area contributed by atoms with Crippen molar-refractivity contribution in [2.75, 3.05) is 19.6 Å². The van der Waals surface area contributed by atoms with Crippen molar-refractivity contribution in [2.24, 2.45) is 5.92 Å². The molecule has 1 N–H and O–H groups in total. The van der Waals surface area contributed by atoms with Gasteiger partial charge in [0.25, 0.3) is 0 Å². The number of piperidine rings is 3. The van der Waals surface area contributed by atoms with Crippen molar-refractivity contribution in [3.05, 3.63) is 119 Å². The van der Waals surface area contributed by atoms with Gasteiger partial charge in [0, 0.05) is 28.8 Å². The molecule has 0 radical (unpaired) electrons. The molecular formula is C30H30BrClN2O2S. The zero-order chi connectivity index (χ0) is 24.6. The number of thioether (sulfide) groups is 1. The number of rotatable bonds is 7. The van der Waals surface area contributed by atoms with Gasteiger partial charge in [-0.3, -0.25) is 0 Å². The lowest BCUT2D eigenvalue weighted by Crippen LogP contribution is -3.00. The first kappa shape index (κ1) is 26.5. The summed E-state index contributed by atoms with van der Waals surface area (Å²) in [5.41, 5.74) is 0.717. The van der Waals surface area contributed by atoms with Crippen molar-refractivity contribution in [1.82, 2.24) is 5.16 Å². The average Bonchev–Trinajstić information content (AvgIpc) is 3.38. The summed E-state index contributed by atoms with van der Waals surface area (Å²) in [7, 11) is 0. The van der Waals surface area contributed by atoms with Crippen molar-refractivity contribution < 1.29 is 31.1 Å². The molecule has 1 aromatic heterocycles. The second-order valence-electron chi connectivity index (χ2n) is 10.2. The lowest BCUT2D eigenvalue weighted by molar-refractivity contribution is -0.954. The summed E-state index contributed by atoms with van der Waals surface area (Å²) in [6.07, 6.45) is 2.47. The molecule has 4 heterocycles. The molecule has 0 unspecified atom stereocenters. The van der Waals surface area contributed by atoms with Crippen LogP contribution in [0.3, 0.4) is 0 Å². The summed E-state index contributed by atoms with van der Waals surface area (Å²) in [5.74, 6) is 1.59. The fraction of sp³-hybridized carbons (Fsp3) is 0.300. The molecule has 3 aliphatic heterocycles. The molecule has 3 fully saturated rings. The second kappa shape index (κ2) is 11.0. The summed E-state index contributed by atoms with van der Waals surface area (Å²) in [6.45, 7) is 4.23. The third-order valence-electron chi connectivity index (χ3n) is 7.93. The van der Waals surface area contributed by atoms with Gasteiger partial charge < -0.3 is 31.1 Å². The Morgan fingerprint density at radius 2 is 1.57 bits per heavy atom. The normalized spacial score (nSPS) is 23.0. The van der Waals surface area contributed by atoms with E-state index < -0.39 is 5.60 Å². The van der Waals surface area contributed by atoms with Gasteiger partial charge in [0.05, 0.1) is 24.9 Å². The molecule has 3 saturated heterocycles. The van der Waals surface area contributed by atoms with Gasteiger partial charge in [-0.1, -0.05) is 83.5 Å². The van der Waals surface area contributed by atoms with Crippen LogP contribution in [0.4, 0.5) is 0 Å². The van der Waals surface area contributed by atoms with Crippen LogP contribution in [0.5, 0.6) is 0 Å². The lowest BCUT2D eigenvalue weighted by Gasteiger charge is -2.52. The first-order valence-corrected chi connectivity index (χ1v) is 13.9. The van der Waals surface area contributed by atoms with E-state index in [1.54, 1.807) is 0 Å². The van der Waals surface area contributed by atoms with Crippen LogP contribution in [0, 0.1) is 5.92 Å². The van der Waals surface area contributed by atoms with Gasteiger partial charge in [-0.2, -0.15) is 0 Å². The molecule has 4 aromatic rings. The van der Waals surface area contributed by atoms with Crippen molar-refractivity contribution in [2.45, 2.75) is 35.1 Å². The van der Waals surface area contributed by atoms with Crippen LogP contribution in [0.15, 0.2) is 100 Å². The lowest BCUT2D eigenvalue weighted by atomic mass is 9.83. The number of quaternary nitrogens is 1. The predicted molar refractivity (Wildman–Crippen MR) is 144 cm³/mol. The van der Waals surface area contributed by atoms with Gasteiger partial charge in [0.2, 0.25) is 0 Å². The second-order valence-corrected chi connectivity index (χ2v) is 12.0. The molecule has 7 rings (SSSR count). The molecule has 3 aliphatic rings. The van der Waals surface area contributed by atoms with E-state index in [1.807, 2.05) is 90.6 Å². The van der Waals surface area contributed by atoms with E-state index in [4.69, 9.17) is 16.1 Å². The third-order valence-corrected chi connectivity index (χ3v) is 9.53. The van der Waals surface area contributed by atoms with Crippen LogP contribution in [-0.4, -0.2) is 39.6 Å². The Labute approximate surface area is 238 Å². The van der Waals surface area contributed by atoms with Crippen LogP contribution in [0.2, 0.25) is 5.02 Å². The monoisotopic (exact) mass is 596 g/mol. The summed E-state index contributed by atoms with van der Waals surface area (Å²) in [5, 5.41) is 17.9. The zero-order valence-electron chi connectivity index (χ0n) is 20.5. The maximum atomic E-state index is 12.1.